The number of anilines is 1. The van der Waals surface area contributed by atoms with Crippen LogP contribution in [0.5, 0.6) is 0 Å². The summed E-state index contributed by atoms with van der Waals surface area (Å²) in [6.45, 7) is 1.91. The molecule has 2 fully saturated rings. The van der Waals surface area contributed by atoms with Crippen molar-refractivity contribution in [3.05, 3.63) is 17.8 Å². The average molecular weight is 315 g/mol. The molecule has 7 heteroatoms. The van der Waals surface area contributed by atoms with E-state index in [1.165, 1.54) is 18.9 Å². The highest BCUT2D eigenvalue weighted by Crippen LogP contribution is 2.35. The molecule has 1 spiro atoms. The van der Waals surface area contributed by atoms with E-state index in [4.69, 9.17) is 4.74 Å². The first kappa shape index (κ1) is 15.5. The maximum Gasteiger partial charge on any atom is 0.435 e. The van der Waals surface area contributed by atoms with Crippen LogP contribution in [-0.4, -0.2) is 35.5 Å². The zero-order valence-corrected chi connectivity index (χ0v) is 12.4. The van der Waals surface area contributed by atoms with Crippen molar-refractivity contribution in [2.24, 2.45) is 0 Å². The summed E-state index contributed by atoms with van der Waals surface area (Å²) in [7, 11) is 0. The molecule has 4 nitrogen and oxygen atoms in total. The van der Waals surface area contributed by atoms with Crippen molar-refractivity contribution < 1.29 is 17.9 Å². The van der Waals surface area contributed by atoms with E-state index in [9.17, 15) is 13.2 Å². The molecule has 2 heterocycles. The van der Waals surface area contributed by atoms with E-state index in [1.807, 2.05) is 4.90 Å². The predicted molar refractivity (Wildman–Crippen MR) is 75.6 cm³/mol. The monoisotopic (exact) mass is 315 g/mol. The Morgan fingerprint density at radius 2 is 1.77 bits per heavy atom. The number of hydrogen-bond acceptors (Lipinski definition) is 4. The summed E-state index contributed by atoms with van der Waals surface area (Å²) in [5.74, 6) is 0.500. The molecule has 0 bridgehead atoms. The molecule has 0 N–H and O–H groups in total. The topological polar surface area (TPSA) is 38.2 Å². The summed E-state index contributed by atoms with van der Waals surface area (Å²) < 4.78 is 43.7. The molecule has 0 radical (unpaired) electrons. The molecular weight excluding hydrogens is 295 g/mol. The molecule has 3 rings (SSSR count). The number of morpholine rings is 1. The van der Waals surface area contributed by atoms with Gasteiger partial charge in [-0.3, -0.25) is 0 Å². The summed E-state index contributed by atoms with van der Waals surface area (Å²) in [4.78, 5) is 2.00. The van der Waals surface area contributed by atoms with Gasteiger partial charge >= 0.3 is 6.18 Å². The van der Waals surface area contributed by atoms with E-state index in [0.717, 1.165) is 31.7 Å². The minimum absolute atomic E-state index is 0.168. The first-order chi connectivity index (χ1) is 10.5. The summed E-state index contributed by atoms with van der Waals surface area (Å²) >= 11 is 0. The van der Waals surface area contributed by atoms with Crippen molar-refractivity contribution in [1.29, 1.82) is 0 Å². The van der Waals surface area contributed by atoms with Crippen LogP contribution < -0.4 is 4.90 Å². The van der Waals surface area contributed by atoms with E-state index < -0.39 is 11.9 Å². The highest BCUT2D eigenvalue weighted by Gasteiger charge is 2.38. The van der Waals surface area contributed by atoms with Crippen LogP contribution in [-0.2, 0) is 10.9 Å². The third-order valence-electron chi connectivity index (χ3n) is 4.53. The van der Waals surface area contributed by atoms with E-state index in [1.54, 1.807) is 0 Å². The number of aromatic nitrogens is 2. The molecule has 0 atom stereocenters. The van der Waals surface area contributed by atoms with Crippen LogP contribution in [0.15, 0.2) is 12.1 Å². The SMILES string of the molecule is FC(F)(F)c1ccc(N2CCOC3(CCCCCC3)C2)nn1. The highest BCUT2D eigenvalue weighted by atomic mass is 19.4. The molecule has 0 amide bonds. The Hall–Kier alpha value is -1.37. The maximum atomic E-state index is 12.6. The molecule has 2 aliphatic rings. The van der Waals surface area contributed by atoms with Gasteiger partial charge in [-0.05, 0) is 25.0 Å². The third-order valence-corrected chi connectivity index (χ3v) is 4.53. The van der Waals surface area contributed by atoms with Gasteiger partial charge in [0.15, 0.2) is 11.5 Å². The molecule has 0 unspecified atom stereocenters. The molecule has 0 aromatic carbocycles. The lowest BCUT2D eigenvalue weighted by Crippen LogP contribution is -2.52. The first-order valence-corrected chi connectivity index (χ1v) is 7.78. The molecule has 1 saturated carbocycles. The number of nitrogens with zero attached hydrogens (tertiary/aromatic N) is 3. The number of alkyl halides is 3. The van der Waals surface area contributed by atoms with E-state index in [2.05, 4.69) is 10.2 Å². The van der Waals surface area contributed by atoms with Gasteiger partial charge in [-0.2, -0.15) is 13.2 Å². The number of rotatable bonds is 1. The van der Waals surface area contributed by atoms with Gasteiger partial charge in [-0.1, -0.05) is 25.7 Å². The Morgan fingerprint density at radius 3 is 2.36 bits per heavy atom. The number of hydrogen-bond donors (Lipinski definition) is 0. The van der Waals surface area contributed by atoms with Crippen molar-refractivity contribution in [2.75, 3.05) is 24.6 Å². The lowest BCUT2D eigenvalue weighted by Gasteiger charge is -2.43. The first-order valence-electron chi connectivity index (χ1n) is 7.78. The second-order valence-corrected chi connectivity index (χ2v) is 6.14. The van der Waals surface area contributed by atoms with Crippen molar-refractivity contribution in [2.45, 2.75) is 50.3 Å². The fourth-order valence-corrected chi connectivity index (χ4v) is 3.36. The fourth-order valence-electron chi connectivity index (χ4n) is 3.36. The summed E-state index contributed by atoms with van der Waals surface area (Å²) in [5, 5.41) is 7.09. The molecule has 22 heavy (non-hydrogen) atoms. The number of halogens is 3. The van der Waals surface area contributed by atoms with Crippen LogP contribution >= 0.6 is 0 Å². The molecule has 1 aromatic rings. The van der Waals surface area contributed by atoms with Crippen LogP contribution in [0.25, 0.3) is 0 Å². The number of ether oxygens (including phenoxy) is 1. The van der Waals surface area contributed by atoms with Crippen LogP contribution in [0.3, 0.4) is 0 Å². The van der Waals surface area contributed by atoms with E-state index in [-0.39, 0.29) is 5.60 Å². The summed E-state index contributed by atoms with van der Waals surface area (Å²) in [5.41, 5.74) is -1.12. The highest BCUT2D eigenvalue weighted by molar-refractivity contribution is 5.39. The van der Waals surface area contributed by atoms with E-state index in [0.29, 0.717) is 25.5 Å². The van der Waals surface area contributed by atoms with Gasteiger partial charge in [-0.25, -0.2) is 0 Å². The fraction of sp³-hybridized carbons (Fsp3) is 0.733. The standard InChI is InChI=1S/C15H20F3N3O/c16-15(17,18)12-5-6-13(20-19-12)21-9-10-22-14(11-21)7-3-1-2-4-8-14/h5-6H,1-4,7-11H2. The second kappa shape index (κ2) is 6.02. The summed E-state index contributed by atoms with van der Waals surface area (Å²) in [6.07, 6.45) is 2.32. The smallest absolute Gasteiger partial charge is 0.371 e. The van der Waals surface area contributed by atoms with Crippen molar-refractivity contribution in [3.8, 4) is 0 Å². The van der Waals surface area contributed by atoms with Gasteiger partial charge in [0.25, 0.3) is 0 Å². The lowest BCUT2D eigenvalue weighted by molar-refractivity contribution is -0.141. The van der Waals surface area contributed by atoms with Gasteiger partial charge in [0.05, 0.1) is 12.2 Å². The molecular formula is C15H20F3N3O. The summed E-state index contributed by atoms with van der Waals surface area (Å²) in [6, 6.07) is 2.41. The van der Waals surface area contributed by atoms with Crippen LogP contribution in [0.2, 0.25) is 0 Å². The molecule has 1 saturated heterocycles. The Bertz CT molecular complexity index is 496. The Balaban J connectivity index is 1.74. The van der Waals surface area contributed by atoms with Crippen LogP contribution in [0.1, 0.15) is 44.2 Å². The Kier molecular flexibility index (Phi) is 4.25. The van der Waals surface area contributed by atoms with E-state index >= 15 is 0 Å². The predicted octanol–water partition coefficient (Wildman–Crippen LogP) is 3.43. The Labute approximate surface area is 127 Å². The minimum atomic E-state index is -4.45. The minimum Gasteiger partial charge on any atom is -0.371 e. The second-order valence-electron chi connectivity index (χ2n) is 6.14. The largest absolute Gasteiger partial charge is 0.435 e. The average Bonchev–Trinajstić information content (AvgIpc) is 2.72. The Morgan fingerprint density at radius 1 is 1.05 bits per heavy atom. The van der Waals surface area contributed by atoms with Gasteiger partial charge in [0.1, 0.15) is 0 Å². The van der Waals surface area contributed by atoms with Gasteiger partial charge in [0, 0.05) is 13.1 Å². The normalized spacial score (nSPS) is 22.6. The maximum absolute atomic E-state index is 12.6. The molecule has 1 aromatic heterocycles. The zero-order valence-electron chi connectivity index (χ0n) is 12.4. The lowest BCUT2D eigenvalue weighted by atomic mass is 9.92. The van der Waals surface area contributed by atoms with Crippen molar-refractivity contribution in [3.63, 3.8) is 0 Å². The molecule has 122 valence electrons. The van der Waals surface area contributed by atoms with Crippen LogP contribution in [0, 0.1) is 0 Å². The zero-order chi connectivity index (χ0) is 15.6. The third kappa shape index (κ3) is 3.34. The molecule has 1 aliphatic heterocycles. The molecule has 1 aliphatic carbocycles. The quantitative estimate of drug-likeness (QED) is 0.796. The van der Waals surface area contributed by atoms with Gasteiger partial charge in [0.2, 0.25) is 0 Å². The van der Waals surface area contributed by atoms with Crippen molar-refractivity contribution in [1.82, 2.24) is 10.2 Å². The van der Waals surface area contributed by atoms with Gasteiger partial charge < -0.3 is 9.64 Å². The van der Waals surface area contributed by atoms with Crippen LogP contribution in [0.4, 0.5) is 19.0 Å². The van der Waals surface area contributed by atoms with Gasteiger partial charge in [-0.15, -0.1) is 10.2 Å². The van der Waals surface area contributed by atoms with Crippen molar-refractivity contribution >= 4 is 5.82 Å².